The summed E-state index contributed by atoms with van der Waals surface area (Å²) in [7, 11) is 0. The molecule has 0 amide bonds. The van der Waals surface area contributed by atoms with Crippen molar-refractivity contribution in [3.8, 4) is 0 Å². The normalized spacial score (nSPS) is 13.2. The van der Waals surface area contributed by atoms with Crippen LogP contribution in [0.15, 0.2) is 30.3 Å². The third-order valence-electron chi connectivity index (χ3n) is 3.79. The highest BCUT2D eigenvalue weighted by atomic mass is 14.7. The summed E-state index contributed by atoms with van der Waals surface area (Å²) in [5.74, 6) is 0.537. The second-order valence-corrected chi connectivity index (χ2v) is 4.97. The minimum Gasteiger partial charge on any atom is -0.324 e. The number of nitrogens with zero attached hydrogens (tertiary/aromatic N) is 1. The maximum absolute atomic E-state index is 6.47. The molecule has 1 aromatic heterocycles. The number of benzene rings is 1. The van der Waals surface area contributed by atoms with Crippen LogP contribution < -0.4 is 5.73 Å². The Kier molecular flexibility index (Phi) is 3.97. The van der Waals surface area contributed by atoms with Gasteiger partial charge in [0.25, 0.3) is 0 Å². The molecule has 0 saturated heterocycles. The van der Waals surface area contributed by atoms with E-state index in [1.807, 2.05) is 13.0 Å². The SMILES string of the molecule is CCC(CC)C(N)c1cc(C)nc2ccccc12. The zero-order chi connectivity index (χ0) is 13.1. The number of pyridine rings is 1. The first-order chi connectivity index (χ1) is 8.67. The van der Waals surface area contributed by atoms with Gasteiger partial charge in [0.05, 0.1) is 5.52 Å². The number of hydrogen-bond donors (Lipinski definition) is 1. The summed E-state index contributed by atoms with van der Waals surface area (Å²) in [6.07, 6.45) is 2.24. The summed E-state index contributed by atoms with van der Waals surface area (Å²) in [6.45, 7) is 6.46. The van der Waals surface area contributed by atoms with Gasteiger partial charge in [-0.15, -0.1) is 0 Å². The molecule has 1 atom stereocenters. The van der Waals surface area contributed by atoms with E-state index in [9.17, 15) is 0 Å². The molecule has 1 unspecified atom stereocenters. The van der Waals surface area contributed by atoms with Gasteiger partial charge in [-0.25, -0.2) is 0 Å². The van der Waals surface area contributed by atoms with Crippen LogP contribution in [-0.2, 0) is 0 Å². The Balaban J connectivity index is 2.55. The second kappa shape index (κ2) is 5.49. The average molecular weight is 242 g/mol. The smallest absolute Gasteiger partial charge is 0.0708 e. The van der Waals surface area contributed by atoms with Crippen LogP contribution in [0.25, 0.3) is 10.9 Å². The van der Waals surface area contributed by atoms with Gasteiger partial charge < -0.3 is 5.73 Å². The van der Waals surface area contributed by atoms with E-state index < -0.39 is 0 Å². The molecule has 0 aliphatic rings. The van der Waals surface area contributed by atoms with Gasteiger partial charge in [0.15, 0.2) is 0 Å². The van der Waals surface area contributed by atoms with Crippen LogP contribution in [-0.4, -0.2) is 4.98 Å². The molecule has 2 aromatic rings. The number of nitrogens with two attached hydrogens (primary N) is 1. The van der Waals surface area contributed by atoms with E-state index in [4.69, 9.17) is 5.73 Å². The Morgan fingerprint density at radius 3 is 2.50 bits per heavy atom. The first-order valence-corrected chi connectivity index (χ1v) is 6.79. The molecular weight excluding hydrogens is 220 g/mol. The van der Waals surface area contributed by atoms with Crippen molar-refractivity contribution in [3.05, 3.63) is 41.6 Å². The first-order valence-electron chi connectivity index (χ1n) is 6.79. The number of rotatable bonds is 4. The Morgan fingerprint density at radius 2 is 1.83 bits per heavy atom. The van der Waals surface area contributed by atoms with Crippen LogP contribution >= 0.6 is 0 Å². The molecule has 1 aromatic carbocycles. The third-order valence-corrected chi connectivity index (χ3v) is 3.79. The van der Waals surface area contributed by atoms with E-state index in [-0.39, 0.29) is 6.04 Å². The summed E-state index contributed by atoms with van der Waals surface area (Å²) in [5, 5.41) is 1.20. The Bertz CT molecular complexity index is 530. The van der Waals surface area contributed by atoms with E-state index in [0.29, 0.717) is 5.92 Å². The van der Waals surface area contributed by atoms with Gasteiger partial charge in [-0.1, -0.05) is 44.9 Å². The molecule has 18 heavy (non-hydrogen) atoms. The van der Waals surface area contributed by atoms with Gasteiger partial charge >= 0.3 is 0 Å². The van der Waals surface area contributed by atoms with Gasteiger partial charge in [0, 0.05) is 17.1 Å². The number of fused-ring (bicyclic) bond motifs is 1. The van der Waals surface area contributed by atoms with Gasteiger partial charge in [0.2, 0.25) is 0 Å². The molecule has 0 fully saturated rings. The van der Waals surface area contributed by atoms with Crippen molar-refractivity contribution in [2.75, 3.05) is 0 Å². The fourth-order valence-electron chi connectivity index (χ4n) is 2.67. The van der Waals surface area contributed by atoms with Gasteiger partial charge in [-0.05, 0) is 30.5 Å². The fourth-order valence-corrected chi connectivity index (χ4v) is 2.67. The largest absolute Gasteiger partial charge is 0.324 e. The summed E-state index contributed by atoms with van der Waals surface area (Å²) in [4.78, 5) is 4.57. The zero-order valence-electron chi connectivity index (χ0n) is 11.5. The van der Waals surface area contributed by atoms with E-state index in [0.717, 1.165) is 24.1 Å². The van der Waals surface area contributed by atoms with Crippen LogP contribution in [0.2, 0.25) is 0 Å². The highest BCUT2D eigenvalue weighted by Crippen LogP contribution is 2.30. The van der Waals surface area contributed by atoms with E-state index >= 15 is 0 Å². The summed E-state index contributed by atoms with van der Waals surface area (Å²) in [5.41, 5.74) is 9.81. The van der Waals surface area contributed by atoms with Crippen LogP contribution in [0.1, 0.15) is 44.0 Å². The molecule has 96 valence electrons. The monoisotopic (exact) mass is 242 g/mol. The summed E-state index contributed by atoms with van der Waals surface area (Å²) in [6, 6.07) is 10.5. The van der Waals surface area contributed by atoms with E-state index in [1.165, 1.54) is 10.9 Å². The quantitative estimate of drug-likeness (QED) is 0.880. The van der Waals surface area contributed by atoms with Crippen molar-refractivity contribution in [2.24, 2.45) is 11.7 Å². The minimum atomic E-state index is 0.103. The van der Waals surface area contributed by atoms with Gasteiger partial charge in [0.1, 0.15) is 0 Å². The molecule has 0 saturated carbocycles. The lowest BCUT2D eigenvalue weighted by molar-refractivity contribution is 0.407. The fraction of sp³-hybridized carbons (Fsp3) is 0.438. The maximum Gasteiger partial charge on any atom is 0.0708 e. The molecule has 1 heterocycles. The Labute approximate surface area is 109 Å². The number of aromatic nitrogens is 1. The van der Waals surface area contributed by atoms with Crippen LogP contribution in [0.3, 0.4) is 0 Å². The number of para-hydroxylation sites is 1. The van der Waals surface area contributed by atoms with Crippen molar-refractivity contribution >= 4 is 10.9 Å². The molecule has 0 radical (unpaired) electrons. The van der Waals surface area contributed by atoms with Crippen molar-refractivity contribution < 1.29 is 0 Å². The standard InChI is InChI=1S/C16H22N2/c1-4-12(5-2)16(17)14-10-11(3)18-15-9-7-6-8-13(14)15/h6-10,12,16H,4-5,17H2,1-3H3. The summed E-state index contributed by atoms with van der Waals surface area (Å²) >= 11 is 0. The van der Waals surface area contributed by atoms with E-state index in [1.54, 1.807) is 0 Å². The number of aryl methyl sites for hydroxylation is 1. The molecular formula is C16H22N2. The average Bonchev–Trinajstić information content (AvgIpc) is 2.39. The lowest BCUT2D eigenvalue weighted by atomic mass is 9.87. The van der Waals surface area contributed by atoms with Crippen LogP contribution in [0.4, 0.5) is 0 Å². The molecule has 0 aliphatic carbocycles. The van der Waals surface area contributed by atoms with Crippen molar-refractivity contribution in [2.45, 2.75) is 39.7 Å². The highest BCUT2D eigenvalue weighted by Gasteiger charge is 2.18. The van der Waals surface area contributed by atoms with Crippen molar-refractivity contribution in [1.29, 1.82) is 0 Å². The van der Waals surface area contributed by atoms with Crippen molar-refractivity contribution in [1.82, 2.24) is 4.98 Å². The maximum atomic E-state index is 6.47. The highest BCUT2D eigenvalue weighted by molar-refractivity contribution is 5.82. The molecule has 0 spiro atoms. The molecule has 2 N–H and O–H groups in total. The molecule has 0 aliphatic heterocycles. The summed E-state index contributed by atoms with van der Waals surface area (Å²) < 4.78 is 0. The van der Waals surface area contributed by atoms with Crippen LogP contribution in [0.5, 0.6) is 0 Å². The Hall–Kier alpha value is -1.41. The molecule has 2 nitrogen and oxygen atoms in total. The van der Waals surface area contributed by atoms with Gasteiger partial charge in [-0.2, -0.15) is 0 Å². The lowest BCUT2D eigenvalue weighted by Gasteiger charge is -2.23. The second-order valence-electron chi connectivity index (χ2n) is 4.97. The van der Waals surface area contributed by atoms with Gasteiger partial charge in [-0.3, -0.25) is 4.98 Å². The first kappa shape index (κ1) is 13.0. The zero-order valence-corrected chi connectivity index (χ0v) is 11.5. The lowest BCUT2D eigenvalue weighted by Crippen LogP contribution is -2.21. The number of hydrogen-bond acceptors (Lipinski definition) is 2. The Morgan fingerprint density at radius 1 is 1.17 bits per heavy atom. The van der Waals surface area contributed by atoms with Crippen LogP contribution in [0, 0.1) is 12.8 Å². The minimum absolute atomic E-state index is 0.103. The third kappa shape index (κ3) is 2.39. The van der Waals surface area contributed by atoms with Crippen molar-refractivity contribution in [3.63, 3.8) is 0 Å². The molecule has 0 bridgehead atoms. The topological polar surface area (TPSA) is 38.9 Å². The predicted octanol–water partition coefficient (Wildman–Crippen LogP) is 3.98. The molecule has 2 heteroatoms. The predicted molar refractivity (Wildman–Crippen MR) is 77.5 cm³/mol. The molecule has 2 rings (SSSR count). The van der Waals surface area contributed by atoms with E-state index in [2.05, 4.69) is 43.1 Å².